The summed E-state index contributed by atoms with van der Waals surface area (Å²) in [7, 11) is -2.59. The second kappa shape index (κ2) is 28.1. The van der Waals surface area contributed by atoms with Gasteiger partial charge in [-0.2, -0.15) is 8.42 Å². The van der Waals surface area contributed by atoms with Crippen LogP contribution in [0, 0.1) is 0 Å². The average Bonchev–Trinajstić information content (AvgIpc) is 1.58. The van der Waals surface area contributed by atoms with Crippen molar-refractivity contribution in [2.75, 3.05) is 73.8 Å². The van der Waals surface area contributed by atoms with Crippen molar-refractivity contribution in [2.45, 2.75) is 135 Å². The number of aromatic nitrogens is 3. The first-order valence-corrected chi connectivity index (χ1v) is 34.4. The molecule has 4 aliphatic rings. The fraction of sp³-hybridized carbons (Fsp3) is 0.405. The van der Waals surface area contributed by atoms with E-state index < -0.39 is 15.5 Å². The molecule has 7 aromatic rings. The fourth-order valence-corrected chi connectivity index (χ4v) is 14.7. The average molecular weight is 1260 g/mol. The molecule has 4 aliphatic heterocycles. The third kappa shape index (κ3) is 14.1. The van der Waals surface area contributed by atoms with Gasteiger partial charge < -0.3 is 40.3 Å². The number of aryl methyl sites for hydroxylation is 2. The third-order valence-electron chi connectivity index (χ3n) is 19.1. The molecule has 4 N–H and O–H groups in total. The molecule has 482 valence electrons. The van der Waals surface area contributed by atoms with Gasteiger partial charge in [0.25, 0.3) is 16.0 Å². The van der Waals surface area contributed by atoms with Crippen LogP contribution in [0.2, 0.25) is 0 Å². The molecule has 4 amide bonds. The summed E-state index contributed by atoms with van der Waals surface area (Å²) in [5.74, 6) is 0.834. The highest BCUT2D eigenvalue weighted by Crippen LogP contribution is 2.52. The number of nitrogens with zero attached hydrogens (tertiary/aromatic N) is 7. The van der Waals surface area contributed by atoms with Gasteiger partial charge in [-0.1, -0.05) is 126 Å². The summed E-state index contributed by atoms with van der Waals surface area (Å²) in [4.78, 5) is 63.5. The van der Waals surface area contributed by atoms with Gasteiger partial charge in [0.2, 0.25) is 11.8 Å². The van der Waals surface area contributed by atoms with Gasteiger partial charge in [-0.05, 0) is 150 Å². The van der Waals surface area contributed by atoms with Gasteiger partial charge in [0, 0.05) is 111 Å². The fourth-order valence-electron chi connectivity index (χ4n) is 14.2. The molecular weight excluding hydrogens is 1170 g/mol. The normalized spacial score (nSPS) is 17.6. The smallest absolute Gasteiger partial charge is 0.320 e. The Morgan fingerprint density at radius 3 is 2.32 bits per heavy atom. The number of hydrogen-bond donors (Lipinski definition) is 4. The van der Waals surface area contributed by atoms with Gasteiger partial charge in [0.1, 0.15) is 5.82 Å². The minimum Gasteiger partial charge on any atom is -0.481 e. The lowest BCUT2D eigenvalue weighted by Gasteiger charge is -2.32. The number of anilines is 3. The van der Waals surface area contributed by atoms with E-state index in [0.717, 1.165) is 95.4 Å². The summed E-state index contributed by atoms with van der Waals surface area (Å²) in [5.41, 5.74) is 11.1. The molecule has 1 fully saturated rings. The van der Waals surface area contributed by atoms with E-state index in [1.54, 1.807) is 19.5 Å². The molecule has 1 saturated heterocycles. The first-order valence-electron chi connectivity index (χ1n) is 32.8. The molecule has 0 bridgehead atoms. The molecule has 0 aliphatic carbocycles. The van der Waals surface area contributed by atoms with Crippen molar-refractivity contribution in [3.05, 3.63) is 190 Å². The van der Waals surface area contributed by atoms with Crippen molar-refractivity contribution in [1.82, 2.24) is 35.4 Å². The predicted molar refractivity (Wildman–Crippen MR) is 368 cm³/mol. The summed E-state index contributed by atoms with van der Waals surface area (Å²) < 4.78 is 39.1. The molecule has 4 aromatic carbocycles. The maximum atomic E-state index is 13.7. The molecule has 17 nitrogen and oxygen atoms in total. The van der Waals surface area contributed by atoms with Crippen LogP contribution in [0.15, 0.2) is 146 Å². The molecule has 92 heavy (non-hydrogen) atoms. The van der Waals surface area contributed by atoms with Gasteiger partial charge in [-0.25, -0.2) is 14.8 Å². The number of fused-ring (bicyclic) bond motifs is 7. The van der Waals surface area contributed by atoms with Gasteiger partial charge in [0.15, 0.2) is 0 Å². The van der Waals surface area contributed by atoms with E-state index in [2.05, 4.69) is 162 Å². The van der Waals surface area contributed by atoms with Crippen molar-refractivity contribution in [3.8, 4) is 5.88 Å². The zero-order valence-electron chi connectivity index (χ0n) is 54.3. The van der Waals surface area contributed by atoms with Crippen LogP contribution in [0.25, 0.3) is 27.1 Å². The largest absolute Gasteiger partial charge is 0.481 e. The molecule has 0 saturated carbocycles. The number of carbonyl (C=O) groups is 3. The molecule has 18 heteroatoms. The minimum atomic E-state index is -4.17. The van der Waals surface area contributed by atoms with Crippen LogP contribution in [-0.2, 0) is 45.1 Å². The molecular formula is C74H88N10O7S. The quantitative estimate of drug-likeness (QED) is 0.0227. The Hall–Kier alpha value is -8.61. The molecule has 1 unspecified atom stereocenters. The molecule has 0 radical (unpaired) electrons. The number of nitrogens with one attached hydrogen (secondary N) is 3. The summed E-state index contributed by atoms with van der Waals surface area (Å²) in [6.07, 6.45) is 19.1. The predicted octanol–water partition coefficient (Wildman–Crippen LogP) is 13.1. The first kappa shape index (κ1) is 64.9. The number of unbranched alkanes of at least 4 members (excludes halogenated alkanes) is 2. The Morgan fingerprint density at radius 2 is 1.60 bits per heavy atom. The number of ether oxygens (including phenoxy) is 1. The van der Waals surface area contributed by atoms with Crippen LogP contribution in [0.4, 0.5) is 22.0 Å². The lowest BCUT2D eigenvalue weighted by molar-refractivity contribution is -0.121. The van der Waals surface area contributed by atoms with Crippen LogP contribution in [0.1, 0.15) is 149 Å². The van der Waals surface area contributed by atoms with E-state index in [-0.39, 0.29) is 47.5 Å². The Bertz CT molecular complexity index is 4070. The first-order chi connectivity index (χ1) is 44.3. The molecule has 7 heterocycles. The molecule has 0 spiro atoms. The van der Waals surface area contributed by atoms with Crippen molar-refractivity contribution in [1.29, 1.82) is 0 Å². The van der Waals surface area contributed by atoms with Crippen molar-refractivity contribution in [3.63, 3.8) is 0 Å². The Kier molecular flexibility index (Phi) is 19.8. The van der Waals surface area contributed by atoms with Crippen molar-refractivity contribution < 1.29 is 32.1 Å². The van der Waals surface area contributed by atoms with Gasteiger partial charge in [-0.15, -0.1) is 0 Å². The summed E-state index contributed by atoms with van der Waals surface area (Å²) in [5, 5.41) is 14.4. The Morgan fingerprint density at radius 1 is 0.837 bits per heavy atom. The number of hydrogen-bond acceptors (Lipinski definition) is 12. The monoisotopic (exact) mass is 1260 g/mol. The van der Waals surface area contributed by atoms with Gasteiger partial charge >= 0.3 is 6.03 Å². The van der Waals surface area contributed by atoms with Crippen LogP contribution in [0.5, 0.6) is 5.88 Å². The number of benzene rings is 4. The highest BCUT2D eigenvalue weighted by atomic mass is 32.2. The number of methoxy groups -OCH3 is 1. The van der Waals surface area contributed by atoms with Crippen LogP contribution in [0.3, 0.4) is 0 Å². The summed E-state index contributed by atoms with van der Waals surface area (Å²) in [6, 6.07) is 35.0. The van der Waals surface area contributed by atoms with E-state index in [0.29, 0.717) is 82.1 Å². The van der Waals surface area contributed by atoms with Gasteiger partial charge in [-0.3, -0.25) is 19.1 Å². The number of urea groups is 1. The zero-order chi connectivity index (χ0) is 64.7. The van der Waals surface area contributed by atoms with Crippen molar-refractivity contribution >= 4 is 72.3 Å². The standard InChI is InChI=1S/C74H88N10O7S/c1-8-40-83-62-33-27-51-19-11-13-22-58(51)68(62)73(3,4)64(83)35-29-53(30-36-65-74(5,6)69-59-23-14-12-20-52(59)28-34-63(69)84(65)42-18-45-92(88,89)90)60-32-26-56(48-77-60)71(86)76-38-15-9-10-25-66(85)78-49-57-46-54-21-16-39-75-70(54)80-61(57)24-17-41-81-43-44-82(72(81)87)50(2)55-31-37-67(91-7)79-47-55/h11-14,19-20,22-23,26-37,46-48,50,65H,8-10,15-18,21,24-25,38-45,49H2,1-7H3,(H,75,80)(H,76,86)(H,78,85)(H,88,89,90)/t50-,65?/m0/s1. The Balaban J connectivity index is 0.733. The Labute approximate surface area is 542 Å². The van der Waals surface area contributed by atoms with Gasteiger partial charge in [0.05, 0.1) is 36.2 Å². The number of allylic oxidation sites excluding steroid dienone is 5. The topological polar surface area (TPSA) is 203 Å². The maximum absolute atomic E-state index is 13.7. The number of rotatable bonds is 26. The van der Waals surface area contributed by atoms with E-state index in [4.69, 9.17) is 14.7 Å². The van der Waals surface area contributed by atoms with Crippen LogP contribution < -0.4 is 30.5 Å². The lowest BCUT2D eigenvalue weighted by atomic mass is 9.78. The molecule has 11 rings (SSSR count). The lowest BCUT2D eigenvalue weighted by Crippen LogP contribution is -2.41. The van der Waals surface area contributed by atoms with E-state index in [9.17, 15) is 27.4 Å². The second-order valence-corrected chi connectivity index (χ2v) is 27.5. The summed E-state index contributed by atoms with van der Waals surface area (Å²) in [6.45, 7) is 18.1. The molecule has 2 atom stereocenters. The second-order valence-electron chi connectivity index (χ2n) is 26.0. The SMILES string of the molecule is CCCN1C(=CC=C(C=CC2N(CCCS(=O)(=O)O)c3ccc4ccccc4c3C2(C)C)c2ccc(C(=O)NCCCCCC(=O)NCc3cc4c(nc3CCCN3CCN([C@@H](C)c5ccc(OC)nc5)C3=O)NCCC4)cn2)C(C)(C)c2c1ccc1ccccc21. The molecule has 3 aromatic heterocycles. The third-order valence-corrected chi connectivity index (χ3v) is 19.9. The number of pyridine rings is 3. The van der Waals surface area contributed by atoms with Crippen LogP contribution in [-0.4, -0.2) is 120 Å². The van der Waals surface area contributed by atoms with E-state index >= 15 is 0 Å². The summed E-state index contributed by atoms with van der Waals surface area (Å²) >= 11 is 0. The van der Waals surface area contributed by atoms with E-state index in [1.807, 2.05) is 47.1 Å². The highest BCUT2D eigenvalue weighted by molar-refractivity contribution is 7.85. The highest BCUT2D eigenvalue weighted by Gasteiger charge is 2.45. The van der Waals surface area contributed by atoms with Crippen LogP contribution >= 0.6 is 0 Å². The van der Waals surface area contributed by atoms with E-state index in [1.165, 1.54) is 33.3 Å². The minimum absolute atomic E-state index is 0.0172. The van der Waals surface area contributed by atoms with Crippen molar-refractivity contribution in [2.24, 2.45) is 0 Å². The maximum Gasteiger partial charge on any atom is 0.320 e. The zero-order valence-corrected chi connectivity index (χ0v) is 55.1. The number of carbonyl (C=O) groups excluding carboxylic acids is 3. The number of amides is 4.